The van der Waals surface area contributed by atoms with Crippen molar-refractivity contribution in [2.24, 2.45) is 5.92 Å². The number of nitrogens with one attached hydrogen (secondary N) is 8. The zero-order valence-electron chi connectivity index (χ0n) is 46.1. The van der Waals surface area contributed by atoms with E-state index >= 15 is 4.79 Å². The molecule has 1 aliphatic heterocycles. The predicted octanol–water partition coefficient (Wildman–Crippen LogP) is 4.95. The largest absolute Gasteiger partial charge is 0.508 e. The summed E-state index contributed by atoms with van der Waals surface area (Å²) in [5.41, 5.74) is 3.40. The Balaban J connectivity index is 1.37. The molecule has 21 nitrogen and oxygen atoms in total. The van der Waals surface area contributed by atoms with Gasteiger partial charge in [-0.1, -0.05) is 113 Å². The van der Waals surface area contributed by atoms with Crippen molar-refractivity contribution in [2.75, 3.05) is 23.4 Å². The molecule has 0 bridgehead atoms. The van der Waals surface area contributed by atoms with Gasteiger partial charge in [-0.15, -0.1) is 0 Å². The van der Waals surface area contributed by atoms with Crippen LogP contribution in [0.25, 0.3) is 5.57 Å². The Kier molecular flexibility index (Phi) is 23.8. The number of phenolic OH excluding ortho intramolecular Hbond substituents is 1. The number of unbranched alkanes of at least 4 members (excludes halogenated alkanes) is 1. The van der Waals surface area contributed by atoms with Gasteiger partial charge in [0.25, 0.3) is 0 Å². The summed E-state index contributed by atoms with van der Waals surface area (Å²) in [6, 6.07) is 21.4. The Morgan fingerprint density at radius 2 is 1.38 bits per heavy atom. The molecule has 0 saturated carbocycles. The van der Waals surface area contributed by atoms with Crippen LogP contribution in [0.15, 0.2) is 115 Å². The third-order valence-electron chi connectivity index (χ3n) is 13.3. The van der Waals surface area contributed by atoms with Gasteiger partial charge in [0.15, 0.2) is 5.78 Å². The van der Waals surface area contributed by atoms with Crippen molar-refractivity contribution < 1.29 is 63.2 Å². The number of amides is 8. The van der Waals surface area contributed by atoms with Gasteiger partial charge >= 0.3 is 18.1 Å². The topological polar surface area (TPSA) is 320 Å². The molecule has 2 aliphatic rings. The fourth-order valence-electron chi connectivity index (χ4n) is 9.07. The number of hydrogen-bond donors (Lipinski definition) is 11. The van der Waals surface area contributed by atoms with E-state index in [1.807, 2.05) is 30.3 Å². The number of ether oxygens (including phenoxy) is 1. The summed E-state index contributed by atoms with van der Waals surface area (Å²) in [4.78, 5) is 126. The van der Waals surface area contributed by atoms with Crippen molar-refractivity contribution in [1.29, 1.82) is 0 Å². The number of carboxylic acid groups (broad SMARTS) is 1. The normalized spacial score (nSPS) is 21.1. The van der Waals surface area contributed by atoms with E-state index in [-0.39, 0.29) is 55.9 Å². The number of benzene rings is 4. The average Bonchev–Trinajstić information content (AvgIpc) is 4.04. The first kappa shape index (κ1) is 63.3. The number of fused-ring (bicyclic) bond motifs is 1. The van der Waals surface area contributed by atoms with E-state index in [1.165, 1.54) is 19.1 Å². The first-order valence-corrected chi connectivity index (χ1v) is 29.5. The minimum Gasteiger partial charge on any atom is -0.508 e. The maximum Gasteiger partial charge on any atom is 0.407 e. The SMILES string of the molecule is C[C@@H](O)[C@@H]1NC(=O)[C@H](CCCCNC(=O)OC(C)(C)C)NC(=O)[C@@H](CC2=CCc3ccccc32)NC(=O)[C@H](Cc2ccc(O)cc2)CC(=O)[C@@H](NC(=O)[C@@H](Cc2ccccc2)NC(=O)Nc2ccccc2)CSSC[C@@H](C(=O)O)NC1=O. The van der Waals surface area contributed by atoms with Crippen molar-refractivity contribution in [3.05, 3.63) is 138 Å². The second-order valence-electron chi connectivity index (χ2n) is 21.0. The van der Waals surface area contributed by atoms with Crippen molar-refractivity contribution in [2.45, 2.75) is 127 Å². The molecule has 0 spiro atoms. The minimum absolute atomic E-state index is 0.00596. The van der Waals surface area contributed by atoms with E-state index < -0.39 is 114 Å². The number of aromatic hydroxyl groups is 1. The molecular weight excluding hydrogens is 1090 g/mol. The molecule has 1 aliphatic carbocycles. The molecule has 4 aromatic carbocycles. The number of hydrogen-bond acceptors (Lipinski definition) is 14. The molecule has 1 fully saturated rings. The Labute approximate surface area is 484 Å². The molecule has 1 saturated heterocycles. The fourth-order valence-corrected chi connectivity index (χ4v) is 11.4. The summed E-state index contributed by atoms with van der Waals surface area (Å²) in [7, 11) is 1.92. The van der Waals surface area contributed by atoms with E-state index in [2.05, 4.69) is 42.5 Å². The number of rotatable bonds is 17. The summed E-state index contributed by atoms with van der Waals surface area (Å²) in [5, 5.41) is 52.8. The van der Waals surface area contributed by atoms with Gasteiger partial charge in [0.1, 0.15) is 41.6 Å². The van der Waals surface area contributed by atoms with E-state index in [4.69, 9.17) is 4.74 Å². The zero-order chi connectivity index (χ0) is 59.3. The summed E-state index contributed by atoms with van der Waals surface area (Å²) in [5.74, 6) is -8.24. The molecule has 4 aromatic rings. The molecule has 8 amide bonds. The number of aliphatic hydroxyl groups is 1. The van der Waals surface area contributed by atoms with Crippen LogP contribution in [0.4, 0.5) is 15.3 Å². The van der Waals surface area contributed by atoms with Gasteiger partial charge in [0.2, 0.25) is 29.5 Å². The maximum absolute atomic E-state index is 15.1. The lowest BCUT2D eigenvalue weighted by molar-refractivity contribution is -0.142. The van der Waals surface area contributed by atoms with Crippen LogP contribution in [0.3, 0.4) is 0 Å². The Morgan fingerprint density at radius 3 is 2.06 bits per heavy atom. The molecule has 0 aromatic heterocycles. The number of phenols is 1. The second kappa shape index (κ2) is 30.8. The minimum atomic E-state index is -1.73. The first-order valence-electron chi connectivity index (χ1n) is 27.0. The third-order valence-corrected chi connectivity index (χ3v) is 15.7. The predicted molar refractivity (Wildman–Crippen MR) is 312 cm³/mol. The fraction of sp³-hybridized carbons (Fsp3) is 0.407. The third kappa shape index (κ3) is 20.3. The molecule has 11 N–H and O–H groups in total. The van der Waals surface area contributed by atoms with Crippen LogP contribution < -0.4 is 42.5 Å². The quantitative estimate of drug-likeness (QED) is 0.0492. The Bertz CT molecular complexity index is 2910. The highest BCUT2D eigenvalue weighted by atomic mass is 33.1. The van der Waals surface area contributed by atoms with E-state index in [9.17, 15) is 53.7 Å². The Hall–Kier alpha value is -7.89. The van der Waals surface area contributed by atoms with Gasteiger partial charge in [-0.25, -0.2) is 14.4 Å². The van der Waals surface area contributed by atoms with E-state index in [0.29, 0.717) is 35.2 Å². The summed E-state index contributed by atoms with van der Waals surface area (Å²) < 4.78 is 5.33. The highest BCUT2D eigenvalue weighted by Gasteiger charge is 2.37. The molecule has 438 valence electrons. The van der Waals surface area contributed by atoms with Crippen LogP contribution in [-0.2, 0) is 57.6 Å². The van der Waals surface area contributed by atoms with Crippen LogP contribution in [0.5, 0.6) is 5.75 Å². The molecule has 23 heteroatoms. The van der Waals surface area contributed by atoms with Crippen LogP contribution in [-0.4, -0.2) is 135 Å². The molecule has 6 rings (SSSR count). The first-order chi connectivity index (χ1) is 39.1. The number of alkyl carbamates (subject to hydrolysis) is 1. The second-order valence-corrected chi connectivity index (χ2v) is 23.6. The number of carboxylic acids is 1. The number of para-hydroxylation sites is 1. The molecular formula is C59H72N8O13S2. The monoisotopic (exact) mass is 1160 g/mol. The van der Waals surface area contributed by atoms with Crippen LogP contribution in [0, 0.1) is 5.92 Å². The van der Waals surface area contributed by atoms with Crippen molar-refractivity contribution in [3.8, 4) is 5.75 Å². The van der Waals surface area contributed by atoms with Crippen LogP contribution in [0.1, 0.15) is 82.1 Å². The standard InChI is InChI=1S/C59H72N8O13S2/c1-35(68)50-55(75)65-48(56(76)77)34-82-81-33-47(64-53(73)45(30-36-15-7-5-8-16-36)66-57(78)61-41-18-9-6-10-19-41)49(70)32-40(29-37-22-26-42(69)27-23-37)51(71)63-46(31-39-25-24-38-17-11-12-20-43(38)39)54(74)62-44(52(72)67-50)21-13-14-28-60-58(79)80-59(2,3)4/h5-12,15-20,22-23,25-27,35,40,44-48,50,68-69H,13-14,21,24,28-34H2,1-4H3,(H,60,79)(H,62,74)(H,63,71)(H,64,73)(H,65,75)(H,67,72)(H,76,77)(H2,61,66,78)/t35-,40-,44+,45-,46-,47+,48+,50+/m1/s1. The van der Waals surface area contributed by atoms with Gasteiger partial charge in [-0.2, -0.15) is 0 Å². The number of Topliss-reactive ketones (excluding diaryl/α,β-unsaturated/α-hetero) is 1. The number of urea groups is 1. The van der Waals surface area contributed by atoms with Crippen LogP contribution >= 0.6 is 21.6 Å². The van der Waals surface area contributed by atoms with Gasteiger partial charge in [0, 0.05) is 48.9 Å². The summed E-state index contributed by atoms with van der Waals surface area (Å²) in [6.07, 6.45) is -0.0823. The smallest absolute Gasteiger partial charge is 0.407 e. The summed E-state index contributed by atoms with van der Waals surface area (Å²) in [6.45, 7) is 6.47. The molecule has 0 unspecified atom stereocenters. The summed E-state index contributed by atoms with van der Waals surface area (Å²) >= 11 is 0. The van der Waals surface area contributed by atoms with E-state index in [1.54, 1.807) is 93.6 Å². The van der Waals surface area contributed by atoms with Gasteiger partial charge in [-0.05, 0) is 112 Å². The highest BCUT2D eigenvalue weighted by molar-refractivity contribution is 8.76. The molecule has 1 heterocycles. The number of allylic oxidation sites excluding steroid dienone is 1. The van der Waals surface area contributed by atoms with E-state index in [0.717, 1.165) is 32.7 Å². The maximum atomic E-state index is 15.1. The lowest BCUT2D eigenvalue weighted by atomic mass is 9.90. The van der Waals surface area contributed by atoms with Crippen molar-refractivity contribution in [3.63, 3.8) is 0 Å². The van der Waals surface area contributed by atoms with Crippen LogP contribution in [0.2, 0.25) is 0 Å². The number of aliphatic hydroxyl groups excluding tert-OH is 1. The van der Waals surface area contributed by atoms with Crippen molar-refractivity contribution in [1.82, 2.24) is 37.2 Å². The zero-order valence-corrected chi connectivity index (χ0v) is 47.7. The number of anilines is 1. The molecule has 82 heavy (non-hydrogen) atoms. The number of ketones is 1. The average molecular weight is 1170 g/mol. The lowest BCUT2D eigenvalue weighted by Gasteiger charge is -2.28. The molecule has 8 atom stereocenters. The lowest BCUT2D eigenvalue weighted by Crippen LogP contribution is -2.60. The van der Waals surface area contributed by atoms with Gasteiger partial charge < -0.3 is 62.6 Å². The van der Waals surface area contributed by atoms with Crippen molar-refractivity contribution >= 4 is 86.3 Å². The Morgan fingerprint density at radius 1 is 0.732 bits per heavy atom. The number of carbonyl (C=O) groups is 9. The van der Waals surface area contributed by atoms with Gasteiger partial charge in [0.05, 0.1) is 12.1 Å². The van der Waals surface area contributed by atoms with Gasteiger partial charge in [-0.3, -0.25) is 28.8 Å². The number of carbonyl (C=O) groups excluding carboxylic acids is 8. The number of aliphatic carboxylic acids is 1. The highest BCUT2D eigenvalue weighted by Crippen LogP contribution is 2.31. The molecule has 0 radical (unpaired) electrons.